The van der Waals surface area contributed by atoms with Gasteiger partial charge in [0, 0.05) is 10.9 Å². The summed E-state index contributed by atoms with van der Waals surface area (Å²) in [5.74, 6) is -1.10. The standard InChI is InChI=1S/C23H22FNO3S/c1-4-28-23(27)21-19(18-10-5-14(2)11-15(18)3)13-29-22(21)25-20(26)12-16-6-8-17(24)9-7-16/h5-11,13H,4,12H2,1-3H3,(H,25,26). The van der Waals surface area contributed by atoms with Gasteiger partial charge in [-0.3, -0.25) is 4.79 Å². The normalized spacial score (nSPS) is 10.6. The lowest BCUT2D eigenvalue weighted by Gasteiger charge is -2.11. The highest BCUT2D eigenvalue weighted by Gasteiger charge is 2.23. The predicted octanol–water partition coefficient (Wildman–Crippen LogP) is 5.53. The van der Waals surface area contributed by atoms with Crippen molar-refractivity contribution in [3.8, 4) is 11.1 Å². The fourth-order valence-electron chi connectivity index (χ4n) is 3.13. The van der Waals surface area contributed by atoms with Crippen LogP contribution in [0.2, 0.25) is 0 Å². The first kappa shape index (κ1) is 20.7. The average Bonchev–Trinajstić information content (AvgIpc) is 3.07. The minimum absolute atomic E-state index is 0.0827. The number of ether oxygens (including phenoxy) is 1. The summed E-state index contributed by atoms with van der Waals surface area (Å²) < 4.78 is 18.3. The van der Waals surface area contributed by atoms with Crippen LogP contribution in [0.4, 0.5) is 9.39 Å². The Bertz CT molecular complexity index is 1040. The summed E-state index contributed by atoms with van der Waals surface area (Å²) >= 11 is 1.29. The van der Waals surface area contributed by atoms with Gasteiger partial charge in [-0.1, -0.05) is 35.9 Å². The van der Waals surface area contributed by atoms with Gasteiger partial charge in [-0.25, -0.2) is 9.18 Å². The van der Waals surface area contributed by atoms with E-state index in [9.17, 15) is 14.0 Å². The molecule has 2 aromatic carbocycles. The van der Waals surface area contributed by atoms with Crippen LogP contribution in [0.5, 0.6) is 0 Å². The fraction of sp³-hybridized carbons (Fsp3) is 0.217. The third-order valence-electron chi connectivity index (χ3n) is 4.47. The third kappa shape index (κ3) is 4.90. The third-order valence-corrected chi connectivity index (χ3v) is 5.37. The Morgan fingerprint density at radius 1 is 1.07 bits per heavy atom. The Morgan fingerprint density at radius 2 is 1.79 bits per heavy atom. The molecule has 0 saturated carbocycles. The van der Waals surface area contributed by atoms with E-state index < -0.39 is 5.97 Å². The molecule has 0 saturated heterocycles. The van der Waals surface area contributed by atoms with Crippen molar-refractivity contribution in [1.82, 2.24) is 0 Å². The number of thiophene rings is 1. The molecule has 1 heterocycles. The molecule has 1 amide bonds. The number of anilines is 1. The first-order chi connectivity index (χ1) is 13.9. The molecule has 0 spiro atoms. The molecule has 0 atom stereocenters. The first-order valence-corrected chi connectivity index (χ1v) is 10.2. The molecule has 0 fully saturated rings. The number of amides is 1. The molecule has 4 nitrogen and oxygen atoms in total. The minimum Gasteiger partial charge on any atom is -0.462 e. The number of carbonyl (C=O) groups excluding carboxylic acids is 2. The molecule has 0 bridgehead atoms. The zero-order valence-electron chi connectivity index (χ0n) is 16.5. The van der Waals surface area contributed by atoms with E-state index in [-0.39, 0.29) is 24.8 Å². The van der Waals surface area contributed by atoms with Gasteiger partial charge in [0.05, 0.1) is 13.0 Å². The van der Waals surface area contributed by atoms with Gasteiger partial charge in [-0.05, 0) is 49.6 Å². The number of aryl methyl sites for hydroxylation is 2. The largest absolute Gasteiger partial charge is 0.462 e. The summed E-state index contributed by atoms with van der Waals surface area (Å²) in [5, 5.41) is 5.13. The van der Waals surface area contributed by atoms with Crippen LogP contribution in [-0.4, -0.2) is 18.5 Å². The van der Waals surface area contributed by atoms with E-state index in [2.05, 4.69) is 11.4 Å². The molecule has 0 aliphatic heterocycles. The van der Waals surface area contributed by atoms with Crippen LogP contribution in [0.25, 0.3) is 11.1 Å². The Hall–Kier alpha value is -2.99. The molecule has 0 radical (unpaired) electrons. The van der Waals surface area contributed by atoms with E-state index in [1.807, 2.05) is 31.4 Å². The summed E-state index contributed by atoms with van der Waals surface area (Å²) in [6.07, 6.45) is 0.0827. The van der Waals surface area contributed by atoms with Crippen LogP contribution in [0.1, 0.15) is 34.0 Å². The quantitative estimate of drug-likeness (QED) is 0.543. The Labute approximate surface area is 173 Å². The van der Waals surface area contributed by atoms with Crippen LogP contribution in [-0.2, 0) is 16.0 Å². The van der Waals surface area contributed by atoms with Crippen molar-refractivity contribution in [2.75, 3.05) is 11.9 Å². The second-order valence-electron chi connectivity index (χ2n) is 6.74. The molecular formula is C23H22FNO3S. The Balaban J connectivity index is 1.92. The van der Waals surface area contributed by atoms with E-state index in [0.717, 1.165) is 22.3 Å². The van der Waals surface area contributed by atoms with Crippen molar-refractivity contribution in [3.05, 3.63) is 75.9 Å². The van der Waals surface area contributed by atoms with E-state index in [0.29, 0.717) is 16.1 Å². The molecule has 1 aromatic heterocycles. The van der Waals surface area contributed by atoms with Gasteiger partial charge in [-0.2, -0.15) is 0 Å². The Kier molecular flexibility index (Phi) is 6.44. The molecule has 0 unspecified atom stereocenters. The van der Waals surface area contributed by atoms with Crippen molar-refractivity contribution >= 4 is 28.2 Å². The van der Waals surface area contributed by atoms with Crippen LogP contribution < -0.4 is 5.32 Å². The molecule has 6 heteroatoms. The topological polar surface area (TPSA) is 55.4 Å². The monoisotopic (exact) mass is 411 g/mol. The zero-order valence-corrected chi connectivity index (χ0v) is 17.4. The molecule has 29 heavy (non-hydrogen) atoms. The minimum atomic E-state index is -0.471. The smallest absolute Gasteiger partial charge is 0.341 e. The number of nitrogens with one attached hydrogen (secondary N) is 1. The molecule has 0 aliphatic rings. The molecular weight excluding hydrogens is 389 g/mol. The van der Waals surface area contributed by atoms with Gasteiger partial charge < -0.3 is 10.1 Å². The van der Waals surface area contributed by atoms with E-state index in [1.54, 1.807) is 19.1 Å². The second-order valence-corrected chi connectivity index (χ2v) is 7.62. The number of hydrogen-bond acceptors (Lipinski definition) is 4. The highest BCUT2D eigenvalue weighted by Crippen LogP contribution is 2.38. The fourth-order valence-corrected chi connectivity index (χ4v) is 4.09. The number of carbonyl (C=O) groups is 2. The lowest BCUT2D eigenvalue weighted by molar-refractivity contribution is -0.115. The summed E-state index contributed by atoms with van der Waals surface area (Å²) in [6.45, 7) is 5.98. The highest BCUT2D eigenvalue weighted by molar-refractivity contribution is 7.15. The van der Waals surface area contributed by atoms with Crippen LogP contribution in [0, 0.1) is 19.7 Å². The molecule has 150 valence electrons. The van der Waals surface area contributed by atoms with Gasteiger partial charge in [0.15, 0.2) is 0 Å². The molecule has 3 aromatic rings. The summed E-state index contributed by atoms with van der Waals surface area (Å²) in [5.41, 5.74) is 4.88. The lowest BCUT2D eigenvalue weighted by atomic mass is 9.97. The van der Waals surface area contributed by atoms with Crippen LogP contribution in [0.3, 0.4) is 0 Å². The van der Waals surface area contributed by atoms with Crippen molar-refractivity contribution < 1.29 is 18.7 Å². The summed E-state index contributed by atoms with van der Waals surface area (Å²) in [6, 6.07) is 11.8. The van der Waals surface area contributed by atoms with Gasteiger partial charge in [0.25, 0.3) is 0 Å². The average molecular weight is 411 g/mol. The predicted molar refractivity (Wildman–Crippen MR) is 114 cm³/mol. The maximum atomic E-state index is 13.1. The zero-order chi connectivity index (χ0) is 21.0. The number of esters is 1. The number of benzene rings is 2. The van der Waals surface area contributed by atoms with Gasteiger partial charge in [0.2, 0.25) is 5.91 Å². The maximum absolute atomic E-state index is 13.1. The van der Waals surface area contributed by atoms with E-state index >= 15 is 0 Å². The van der Waals surface area contributed by atoms with Crippen molar-refractivity contribution in [3.63, 3.8) is 0 Å². The number of halogens is 1. The molecule has 1 N–H and O–H groups in total. The van der Waals surface area contributed by atoms with E-state index in [1.165, 1.54) is 23.5 Å². The number of rotatable bonds is 6. The lowest BCUT2D eigenvalue weighted by Crippen LogP contribution is -2.16. The van der Waals surface area contributed by atoms with Crippen molar-refractivity contribution in [2.24, 2.45) is 0 Å². The second kappa shape index (κ2) is 9.01. The molecule has 3 rings (SSSR count). The van der Waals surface area contributed by atoms with Crippen molar-refractivity contribution in [1.29, 1.82) is 0 Å². The SMILES string of the molecule is CCOC(=O)c1c(-c2ccc(C)cc2C)csc1NC(=O)Cc1ccc(F)cc1. The van der Waals surface area contributed by atoms with Crippen LogP contribution >= 0.6 is 11.3 Å². The van der Waals surface area contributed by atoms with Crippen molar-refractivity contribution in [2.45, 2.75) is 27.2 Å². The van der Waals surface area contributed by atoms with E-state index in [4.69, 9.17) is 4.74 Å². The highest BCUT2D eigenvalue weighted by atomic mass is 32.1. The maximum Gasteiger partial charge on any atom is 0.341 e. The Morgan fingerprint density at radius 3 is 2.45 bits per heavy atom. The number of hydrogen-bond donors (Lipinski definition) is 1. The van der Waals surface area contributed by atoms with Gasteiger partial charge in [0.1, 0.15) is 16.4 Å². The first-order valence-electron chi connectivity index (χ1n) is 9.29. The molecule has 0 aliphatic carbocycles. The van der Waals surface area contributed by atoms with Gasteiger partial charge in [-0.15, -0.1) is 11.3 Å². The summed E-state index contributed by atoms with van der Waals surface area (Å²) in [4.78, 5) is 25.2. The van der Waals surface area contributed by atoms with Crippen LogP contribution in [0.15, 0.2) is 47.8 Å². The van der Waals surface area contributed by atoms with Gasteiger partial charge >= 0.3 is 5.97 Å². The summed E-state index contributed by atoms with van der Waals surface area (Å²) in [7, 11) is 0.